The van der Waals surface area contributed by atoms with E-state index < -0.39 is 5.91 Å². The van der Waals surface area contributed by atoms with E-state index in [1.807, 2.05) is 24.3 Å². The summed E-state index contributed by atoms with van der Waals surface area (Å²) < 4.78 is 6.28. The molecular weight excluding hydrogens is 386 g/mol. The number of rotatable bonds is 2. The van der Waals surface area contributed by atoms with Crippen molar-refractivity contribution in [2.45, 2.75) is 12.5 Å². The third-order valence-electron chi connectivity index (χ3n) is 4.26. The Balaban J connectivity index is 1.68. The minimum absolute atomic E-state index is 0.0661. The molecule has 0 radical (unpaired) electrons. The third-order valence-corrected chi connectivity index (χ3v) is 4.86. The van der Waals surface area contributed by atoms with Crippen LogP contribution in [0.15, 0.2) is 52.1 Å². The number of amides is 1. The number of carbonyl (C=O) groups excluding carboxylic acids is 1. The molecule has 0 bridgehead atoms. The number of pyridine rings is 2. The molecule has 0 fully saturated rings. The van der Waals surface area contributed by atoms with Gasteiger partial charge in [-0.25, -0.2) is 0 Å². The second-order valence-electron chi connectivity index (χ2n) is 5.78. The number of aromatic nitrogens is 2. The van der Waals surface area contributed by atoms with E-state index in [4.69, 9.17) is 4.74 Å². The minimum Gasteiger partial charge on any atom is -0.493 e. The maximum atomic E-state index is 12.7. The van der Waals surface area contributed by atoms with Crippen molar-refractivity contribution in [1.82, 2.24) is 15.3 Å². The molecule has 25 heavy (non-hydrogen) atoms. The van der Waals surface area contributed by atoms with Gasteiger partial charge in [0, 0.05) is 30.6 Å². The first-order valence-corrected chi connectivity index (χ1v) is 8.62. The van der Waals surface area contributed by atoms with Crippen molar-refractivity contribution in [3.63, 3.8) is 0 Å². The predicted octanol–water partition coefficient (Wildman–Crippen LogP) is 2.94. The molecule has 0 aliphatic carbocycles. The highest BCUT2D eigenvalue weighted by Gasteiger charge is 2.24. The Morgan fingerprint density at radius 2 is 2.16 bits per heavy atom. The van der Waals surface area contributed by atoms with E-state index in [9.17, 15) is 9.59 Å². The van der Waals surface area contributed by atoms with E-state index in [1.54, 1.807) is 6.20 Å². The predicted molar refractivity (Wildman–Crippen MR) is 96.8 cm³/mol. The number of H-pyrrole nitrogens is 1. The molecule has 0 spiro atoms. The summed E-state index contributed by atoms with van der Waals surface area (Å²) in [5.74, 6) is 0.351. The third kappa shape index (κ3) is 2.80. The van der Waals surface area contributed by atoms with Crippen LogP contribution in [0.25, 0.3) is 10.9 Å². The van der Waals surface area contributed by atoms with Crippen LogP contribution < -0.4 is 15.5 Å². The van der Waals surface area contributed by atoms with E-state index >= 15 is 0 Å². The molecule has 1 amide bonds. The molecule has 1 aliphatic heterocycles. The number of halogens is 1. The molecule has 7 heteroatoms. The van der Waals surface area contributed by atoms with Gasteiger partial charge in [0.15, 0.2) is 0 Å². The number of ether oxygens (including phenoxy) is 1. The maximum absolute atomic E-state index is 12.7. The molecule has 2 aromatic heterocycles. The molecule has 0 saturated heterocycles. The van der Waals surface area contributed by atoms with Crippen LogP contribution in [-0.4, -0.2) is 22.5 Å². The Kier molecular flexibility index (Phi) is 4.01. The molecule has 3 heterocycles. The molecular formula is C18H14BrN3O3. The van der Waals surface area contributed by atoms with Gasteiger partial charge in [-0.2, -0.15) is 0 Å². The maximum Gasteiger partial charge on any atom is 0.257 e. The SMILES string of the molecule is O=C(N[C@H]1CCOc2ccccc21)c1c[nH]c2c(Br)cncc2c1=O. The van der Waals surface area contributed by atoms with Crippen molar-refractivity contribution >= 4 is 32.7 Å². The molecule has 0 saturated carbocycles. The fraction of sp³-hybridized carbons (Fsp3) is 0.167. The largest absolute Gasteiger partial charge is 0.493 e. The zero-order valence-electron chi connectivity index (χ0n) is 13.1. The second-order valence-corrected chi connectivity index (χ2v) is 6.63. The highest BCUT2D eigenvalue weighted by molar-refractivity contribution is 9.10. The van der Waals surface area contributed by atoms with E-state index in [0.717, 1.165) is 11.3 Å². The van der Waals surface area contributed by atoms with Gasteiger partial charge in [-0.15, -0.1) is 0 Å². The number of benzene rings is 1. The fourth-order valence-electron chi connectivity index (χ4n) is 3.01. The summed E-state index contributed by atoms with van der Waals surface area (Å²) in [4.78, 5) is 32.3. The Labute approximate surface area is 151 Å². The van der Waals surface area contributed by atoms with Crippen molar-refractivity contribution in [3.8, 4) is 5.75 Å². The average Bonchev–Trinajstić information content (AvgIpc) is 2.63. The lowest BCUT2D eigenvalue weighted by Crippen LogP contribution is -2.34. The van der Waals surface area contributed by atoms with E-state index in [2.05, 4.69) is 31.2 Å². The molecule has 4 rings (SSSR count). The monoisotopic (exact) mass is 399 g/mol. The van der Waals surface area contributed by atoms with Crippen LogP contribution in [0, 0.1) is 0 Å². The van der Waals surface area contributed by atoms with Gasteiger partial charge in [-0.3, -0.25) is 14.6 Å². The standard InChI is InChI=1S/C18H14BrN3O3/c19-13-9-20-7-11-16(13)21-8-12(17(11)23)18(24)22-14-5-6-25-15-4-2-1-3-10(14)15/h1-4,7-9,14H,5-6H2,(H,21,23)(H,22,24)/t14-/m0/s1. The average molecular weight is 400 g/mol. The molecule has 2 N–H and O–H groups in total. The van der Waals surface area contributed by atoms with Gasteiger partial charge in [0.05, 0.1) is 28.0 Å². The molecule has 1 aromatic carbocycles. The van der Waals surface area contributed by atoms with Crippen molar-refractivity contribution in [3.05, 3.63) is 68.7 Å². The van der Waals surface area contributed by atoms with Crippen LogP contribution in [0.4, 0.5) is 0 Å². The molecule has 126 valence electrons. The first-order valence-electron chi connectivity index (χ1n) is 7.82. The van der Waals surface area contributed by atoms with Crippen molar-refractivity contribution in [2.75, 3.05) is 6.61 Å². The number of aromatic amines is 1. The van der Waals surface area contributed by atoms with Crippen LogP contribution in [0.5, 0.6) is 5.75 Å². The second kappa shape index (κ2) is 6.33. The fourth-order valence-corrected chi connectivity index (χ4v) is 3.45. The highest BCUT2D eigenvalue weighted by atomic mass is 79.9. The van der Waals surface area contributed by atoms with Crippen LogP contribution in [-0.2, 0) is 0 Å². The Morgan fingerprint density at radius 1 is 1.32 bits per heavy atom. The van der Waals surface area contributed by atoms with Crippen LogP contribution in [0.2, 0.25) is 0 Å². The number of fused-ring (bicyclic) bond motifs is 2. The quantitative estimate of drug-likeness (QED) is 0.693. The number of hydrogen-bond acceptors (Lipinski definition) is 4. The van der Waals surface area contributed by atoms with E-state index in [-0.39, 0.29) is 17.0 Å². The zero-order chi connectivity index (χ0) is 17.4. The van der Waals surface area contributed by atoms with Crippen molar-refractivity contribution < 1.29 is 9.53 Å². The highest BCUT2D eigenvalue weighted by Crippen LogP contribution is 2.31. The Bertz CT molecular complexity index is 1030. The van der Waals surface area contributed by atoms with Gasteiger partial charge < -0.3 is 15.0 Å². The molecule has 1 aliphatic rings. The Hall–Kier alpha value is -2.67. The lowest BCUT2D eigenvalue weighted by molar-refractivity contribution is 0.0923. The topological polar surface area (TPSA) is 84.1 Å². The summed E-state index contributed by atoms with van der Waals surface area (Å²) in [7, 11) is 0. The van der Waals surface area contributed by atoms with Gasteiger partial charge in [-0.05, 0) is 22.0 Å². The van der Waals surface area contributed by atoms with Gasteiger partial charge in [0.2, 0.25) is 5.43 Å². The van der Waals surface area contributed by atoms with Gasteiger partial charge in [0.1, 0.15) is 11.3 Å². The molecule has 3 aromatic rings. The van der Waals surface area contributed by atoms with Crippen LogP contribution in [0.3, 0.4) is 0 Å². The zero-order valence-corrected chi connectivity index (χ0v) is 14.7. The number of hydrogen-bond donors (Lipinski definition) is 2. The summed E-state index contributed by atoms with van der Waals surface area (Å²) in [5, 5.41) is 3.31. The summed E-state index contributed by atoms with van der Waals surface area (Å²) >= 11 is 3.34. The Morgan fingerprint density at radius 3 is 3.04 bits per heavy atom. The summed E-state index contributed by atoms with van der Waals surface area (Å²) in [6, 6.07) is 7.40. The molecule has 6 nitrogen and oxygen atoms in total. The summed E-state index contributed by atoms with van der Waals surface area (Å²) in [6.07, 6.45) is 5.15. The van der Waals surface area contributed by atoms with Crippen LogP contribution in [0.1, 0.15) is 28.4 Å². The number of nitrogens with one attached hydrogen (secondary N) is 2. The number of carbonyl (C=O) groups is 1. The first kappa shape index (κ1) is 15.8. The smallest absolute Gasteiger partial charge is 0.257 e. The lowest BCUT2D eigenvalue weighted by atomic mass is 10.00. The molecule has 0 unspecified atom stereocenters. The molecule has 1 atom stereocenters. The van der Waals surface area contributed by atoms with Crippen molar-refractivity contribution in [1.29, 1.82) is 0 Å². The first-order chi connectivity index (χ1) is 12.1. The lowest BCUT2D eigenvalue weighted by Gasteiger charge is -2.26. The summed E-state index contributed by atoms with van der Waals surface area (Å²) in [5.41, 5.74) is 1.26. The van der Waals surface area contributed by atoms with Crippen LogP contribution >= 0.6 is 15.9 Å². The van der Waals surface area contributed by atoms with Gasteiger partial charge in [0.25, 0.3) is 5.91 Å². The normalized spacial score (nSPS) is 16.1. The van der Waals surface area contributed by atoms with E-state index in [0.29, 0.717) is 28.4 Å². The van der Waals surface area contributed by atoms with E-state index in [1.165, 1.54) is 12.4 Å². The minimum atomic E-state index is -0.412. The number of para-hydroxylation sites is 1. The number of nitrogens with zero attached hydrogens (tertiary/aromatic N) is 1. The van der Waals surface area contributed by atoms with Gasteiger partial charge in [-0.1, -0.05) is 18.2 Å². The summed E-state index contributed by atoms with van der Waals surface area (Å²) in [6.45, 7) is 0.521. The van der Waals surface area contributed by atoms with Crippen molar-refractivity contribution in [2.24, 2.45) is 0 Å². The van der Waals surface area contributed by atoms with Gasteiger partial charge >= 0.3 is 0 Å².